The predicted molar refractivity (Wildman–Crippen MR) is 88.4 cm³/mol. The monoisotopic (exact) mass is 357 g/mol. The molecule has 4 N–H and O–H groups in total. The van der Waals surface area contributed by atoms with E-state index in [0.29, 0.717) is 25.6 Å². The maximum absolute atomic E-state index is 12.2. The highest BCUT2D eigenvalue weighted by molar-refractivity contribution is 7.85. The van der Waals surface area contributed by atoms with Crippen LogP contribution in [0.2, 0.25) is 0 Å². The first kappa shape index (κ1) is 19.0. The van der Waals surface area contributed by atoms with Gasteiger partial charge in [0.15, 0.2) is 0 Å². The van der Waals surface area contributed by atoms with E-state index in [4.69, 9.17) is 20.0 Å². The minimum atomic E-state index is -1.08. The van der Waals surface area contributed by atoms with Crippen molar-refractivity contribution in [1.82, 2.24) is 0 Å². The van der Waals surface area contributed by atoms with E-state index >= 15 is 0 Å². The Hall–Kier alpha value is -1.32. The van der Waals surface area contributed by atoms with E-state index in [1.54, 1.807) is 31.4 Å². The summed E-state index contributed by atoms with van der Waals surface area (Å²) in [7, 11) is 0.546. The number of benzene rings is 1. The number of hydrogen-bond donors (Lipinski definition) is 2. The second kappa shape index (κ2) is 9.85. The van der Waals surface area contributed by atoms with Crippen LogP contribution in [0.15, 0.2) is 29.2 Å². The number of primary amides is 1. The van der Waals surface area contributed by atoms with Crippen molar-refractivity contribution in [2.24, 2.45) is 5.73 Å². The van der Waals surface area contributed by atoms with Crippen LogP contribution in [-0.2, 0) is 29.9 Å². The van der Waals surface area contributed by atoms with E-state index in [9.17, 15) is 9.00 Å². The molecule has 24 heavy (non-hydrogen) atoms. The molecule has 2 rings (SSSR count). The number of quaternary nitrogens is 1. The minimum absolute atomic E-state index is 0.0283. The molecule has 1 fully saturated rings. The molecule has 134 valence electrons. The van der Waals surface area contributed by atoms with Gasteiger partial charge in [-0.1, -0.05) is 12.1 Å². The van der Waals surface area contributed by atoms with Crippen molar-refractivity contribution in [3.63, 3.8) is 0 Å². The predicted octanol–water partition coefficient (Wildman–Crippen LogP) is -0.359. The van der Waals surface area contributed by atoms with Crippen molar-refractivity contribution in [2.75, 3.05) is 32.7 Å². The van der Waals surface area contributed by atoms with Crippen LogP contribution >= 0.6 is 0 Å². The SMILES string of the molecule is COCCCS(=O)c1ccc(C([NH2+]O[C@@H]2CCOC2)C(N)=O)cc1. The van der Waals surface area contributed by atoms with E-state index in [0.717, 1.165) is 23.3 Å². The van der Waals surface area contributed by atoms with Crippen LogP contribution in [0.5, 0.6) is 0 Å². The van der Waals surface area contributed by atoms with E-state index in [1.807, 2.05) is 0 Å². The molecule has 3 atom stereocenters. The summed E-state index contributed by atoms with van der Waals surface area (Å²) in [6.07, 6.45) is 1.51. The van der Waals surface area contributed by atoms with E-state index in [1.165, 1.54) is 5.48 Å². The van der Waals surface area contributed by atoms with Crippen molar-refractivity contribution >= 4 is 16.7 Å². The van der Waals surface area contributed by atoms with Crippen molar-refractivity contribution in [1.29, 1.82) is 0 Å². The molecule has 1 aromatic rings. The summed E-state index contributed by atoms with van der Waals surface area (Å²) in [4.78, 5) is 18.0. The molecule has 0 bridgehead atoms. The van der Waals surface area contributed by atoms with Crippen molar-refractivity contribution in [3.8, 4) is 0 Å². The smallest absolute Gasteiger partial charge is 0.283 e. The van der Waals surface area contributed by atoms with Crippen LogP contribution in [0.1, 0.15) is 24.4 Å². The quantitative estimate of drug-likeness (QED) is 0.440. The summed E-state index contributed by atoms with van der Waals surface area (Å²) >= 11 is 0. The van der Waals surface area contributed by atoms with Crippen molar-refractivity contribution < 1.29 is 28.8 Å². The number of hydroxylamine groups is 1. The molecule has 8 heteroatoms. The number of rotatable bonds is 10. The molecule has 0 aliphatic carbocycles. The van der Waals surface area contributed by atoms with E-state index in [2.05, 4.69) is 0 Å². The number of carbonyl (C=O) groups is 1. The maximum Gasteiger partial charge on any atom is 0.283 e. The highest BCUT2D eigenvalue weighted by atomic mass is 32.2. The number of ether oxygens (including phenoxy) is 2. The molecule has 1 heterocycles. The number of hydrogen-bond acceptors (Lipinski definition) is 5. The lowest BCUT2D eigenvalue weighted by Crippen LogP contribution is -2.87. The second-order valence-electron chi connectivity index (χ2n) is 5.60. The largest absolute Gasteiger partial charge is 0.385 e. The molecular weight excluding hydrogens is 332 g/mol. The molecule has 0 radical (unpaired) electrons. The van der Waals surface area contributed by atoms with Crippen LogP contribution in [-0.4, -0.2) is 48.9 Å². The summed E-state index contributed by atoms with van der Waals surface area (Å²) in [6.45, 7) is 1.79. The zero-order chi connectivity index (χ0) is 17.4. The Labute approximate surface area is 144 Å². The van der Waals surface area contributed by atoms with Gasteiger partial charge in [-0.3, -0.25) is 9.00 Å². The zero-order valence-corrected chi connectivity index (χ0v) is 14.6. The van der Waals surface area contributed by atoms with Gasteiger partial charge in [-0.25, -0.2) is 0 Å². The molecule has 1 aliphatic rings. The third kappa shape index (κ3) is 5.64. The molecule has 0 saturated carbocycles. The first-order valence-electron chi connectivity index (χ1n) is 7.95. The van der Waals surface area contributed by atoms with Gasteiger partial charge in [0.25, 0.3) is 5.91 Å². The normalized spacial score (nSPS) is 20.0. The average molecular weight is 357 g/mol. The van der Waals surface area contributed by atoms with Gasteiger partial charge < -0.3 is 15.2 Å². The minimum Gasteiger partial charge on any atom is -0.385 e. The topological polar surface area (TPSA) is 104 Å². The van der Waals surface area contributed by atoms with Gasteiger partial charge in [-0.05, 0) is 18.6 Å². The summed E-state index contributed by atoms with van der Waals surface area (Å²) in [5.74, 6) is 0.0615. The molecule has 1 aliphatic heterocycles. The first-order valence-corrected chi connectivity index (χ1v) is 9.27. The lowest BCUT2D eigenvalue weighted by Gasteiger charge is -2.14. The van der Waals surface area contributed by atoms with Crippen LogP contribution in [0.25, 0.3) is 0 Å². The van der Waals surface area contributed by atoms with Gasteiger partial charge in [-0.2, -0.15) is 10.3 Å². The van der Waals surface area contributed by atoms with Gasteiger partial charge in [-0.15, -0.1) is 0 Å². The summed E-state index contributed by atoms with van der Waals surface area (Å²) in [5, 5.41) is 0. The Morgan fingerprint density at radius 1 is 1.46 bits per heavy atom. The van der Waals surface area contributed by atoms with Crippen molar-refractivity contribution in [2.45, 2.75) is 29.9 Å². The molecule has 1 amide bonds. The molecule has 0 spiro atoms. The first-order chi connectivity index (χ1) is 11.6. The molecule has 2 unspecified atom stereocenters. The fourth-order valence-corrected chi connectivity index (χ4v) is 3.45. The fourth-order valence-electron chi connectivity index (χ4n) is 2.40. The summed E-state index contributed by atoms with van der Waals surface area (Å²) in [5.41, 5.74) is 7.68. The molecule has 1 aromatic carbocycles. The zero-order valence-electron chi connectivity index (χ0n) is 13.8. The molecule has 0 aromatic heterocycles. The molecule has 7 nitrogen and oxygen atoms in total. The van der Waals surface area contributed by atoms with Gasteiger partial charge in [0, 0.05) is 43.0 Å². The van der Waals surface area contributed by atoms with Crippen LogP contribution < -0.4 is 11.2 Å². The molecule has 1 saturated heterocycles. The summed E-state index contributed by atoms with van der Waals surface area (Å²) < 4.78 is 22.3. The van der Waals surface area contributed by atoms with Gasteiger partial charge >= 0.3 is 0 Å². The Morgan fingerprint density at radius 3 is 2.79 bits per heavy atom. The van der Waals surface area contributed by atoms with Gasteiger partial charge in [0.05, 0.1) is 17.4 Å². The lowest BCUT2D eigenvalue weighted by atomic mass is 10.1. The van der Waals surface area contributed by atoms with Gasteiger partial charge in [0.1, 0.15) is 6.10 Å². The summed E-state index contributed by atoms with van der Waals surface area (Å²) in [6, 6.07) is 6.43. The van der Waals surface area contributed by atoms with Crippen LogP contribution in [0.4, 0.5) is 0 Å². The number of amides is 1. The Morgan fingerprint density at radius 2 is 2.21 bits per heavy atom. The average Bonchev–Trinajstić information content (AvgIpc) is 3.09. The highest BCUT2D eigenvalue weighted by Crippen LogP contribution is 2.14. The fraction of sp³-hybridized carbons (Fsp3) is 0.562. The van der Waals surface area contributed by atoms with Crippen LogP contribution in [0, 0.1) is 0 Å². The Bertz CT molecular complexity index is 546. The lowest BCUT2D eigenvalue weighted by molar-refractivity contribution is -0.922. The molecular formula is C16H25N2O5S+. The Balaban J connectivity index is 1.94. The highest BCUT2D eigenvalue weighted by Gasteiger charge is 2.26. The number of nitrogens with two attached hydrogens (primary N) is 2. The maximum atomic E-state index is 12.2. The standard InChI is InChI=1S/C16H24N2O5S/c1-21-8-2-10-24(20)14-5-3-12(4-6-14)15(16(17)19)18-23-13-7-9-22-11-13/h3-6,13,15,18H,2,7-11H2,1H3,(H2,17,19)/p+1/t13-,15?,24?/m1/s1. The third-order valence-electron chi connectivity index (χ3n) is 3.78. The number of methoxy groups -OCH3 is 1. The Kier molecular flexibility index (Phi) is 7.80. The van der Waals surface area contributed by atoms with Crippen molar-refractivity contribution in [3.05, 3.63) is 29.8 Å². The van der Waals surface area contributed by atoms with Gasteiger partial charge in [0.2, 0.25) is 6.04 Å². The van der Waals surface area contributed by atoms with Crippen LogP contribution in [0.3, 0.4) is 0 Å². The van der Waals surface area contributed by atoms with E-state index < -0.39 is 22.7 Å². The second-order valence-corrected chi connectivity index (χ2v) is 7.17. The third-order valence-corrected chi connectivity index (χ3v) is 5.24. The number of carbonyl (C=O) groups excluding carboxylic acids is 1. The van der Waals surface area contributed by atoms with E-state index in [-0.39, 0.29) is 6.10 Å².